The highest BCUT2D eigenvalue weighted by atomic mass is 15.4. The Balaban J connectivity index is 1.50. The van der Waals surface area contributed by atoms with E-state index in [9.17, 15) is 0 Å². The van der Waals surface area contributed by atoms with Crippen molar-refractivity contribution in [2.24, 2.45) is 9.98 Å². The van der Waals surface area contributed by atoms with Gasteiger partial charge in [0.1, 0.15) is 0 Å². The smallest absolute Gasteiger partial charge is 0.179 e. The number of nitrogens with zero attached hydrogens (tertiary/aromatic N) is 5. The molecule has 2 aliphatic rings. The third kappa shape index (κ3) is 3.84. The zero-order valence-corrected chi connectivity index (χ0v) is 22.1. The Morgan fingerprint density at radius 3 is 2.26 bits per heavy atom. The molecule has 190 valence electrons. The maximum atomic E-state index is 5.32. The Morgan fingerprint density at radius 2 is 1.46 bits per heavy atom. The molecule has 6 heteroatoms. The summed E-state index contributed by atoms with van der Waals surface area (Å²) in [6.07, 6.45) is 0. The molecular weight excluding hydrogens is 480 g/mol. The number of aromatic nitrogens is 2. The van der Waals surface area contributed by atoms with Crippen LogP contribution in [-0.2, 0) is 0 Å². The second-order valence-electron chi connectivity index (χ2n) is 10.1. The van der Waals surface area contributed by atoms with E-state index < -0.39 is 0 Å². The van der Waals surface area contributed by atoms with Crippen molar-refractivity contribution in [2.75, 3.05) is 10.2 Å². The summed E-state index contributed by atoms with van der Waals surface area (Å²) in [4.78, 5) is 12.7. The van der Waals surface area contributed by atoms with Gasteiger partial charge in [-0.15, -0.1) is 0 Å². The average Bonchev–Trinajstić information content (AvgIpc) is 3.30. The van der Waals surface area contributed by atoms with Crippen molar-refractivity contribution in [1.82, 2.24) is 9.78 Å². The molecule has 0 saturated heterocycles. The highest BCUT2D eigenvalue weighted by molar-refractivity contribution is 6.51. The zero-order chi connectivity index (χ0) is 26.5. The van der Waals surface area contributed by atoms with Crippen LogP contribution in [0.1, 0.15) is 34.0 Å². The van der Waals surface area contributed by atoms with Gasteiger partial charge in [0.15, 0.2) is 17.5 Å². The van der Waals surface area contributed by atoms with Crippen molar-refractivity contribution >= 4 is 34.6 Å². The molecule has 1 aromatic heterocycles. The van der Waals surface area contributed by atoms with Crippen LogP contribution in [0.4, 0.5) is 22.9 Å². The fourth-order valence-electron chi connectivity index (χ4n) is 5.50. The van der Waals surface area contributed by atoms with E-state index in [2.05, 4.69) is 110 Å². The van der Waals surface area contributed by atoms with Crippen LogP contribution < -0.4 is 10.2 Å². The molecule has 0 saturated carbocycles. The summed E-state index contributed by atoms with van der Waals surface area (Å²) in [6, 6.07) is 35.4. The van der Waals surface area contributed by atoms with Crippen molar-refractivity contribution in [3.63, 3.8) is 0 Å². The summed E-state index contributed by atoms with van der Waals surface area (Å²) in [5, 5.41) is 8.66. The lowest BCUT2D eigenvalue weighted by atomic mass is 9.93. The lowest BCUT2D eigenvalue weighted by Crippen LogP contribution is -2.46. The fraction of sp³-hybridized carbons (Fsp3) is 0.121. The number of hydrogen-bond donors (Lipinski definition) is 1. The molecule has 0 radical (unpaired) electrons. The van der Waals surface area contributed by atoms with Crippen molar-refractivity contribution in [3.05, 3.63) is 131 Å². The van der Waals surface area contributed by atoms with Gasteiger partial charge in [0.05, 0.1) is 28.8 Å². The van der Waals surface area contributed by atoms with Crippen molar-refractivity contribution in [2.45, 2.75) is 26.8 Å². The van der Waals surface area contributed by atoms with E-state index in [1.165, 1.54) is 11.1 Å². The predicted molar refractivity (Wildman–Crippen MR) is 159 cm³/mol. The molecule has 5 aromatic rings. The average molecular weight is 509 g/mol. The Bertz CT molecular complexity index is 1770. The van der Waals surface area contributed by atoms with E-state index in [4.69, 9.17) is 15.1 Å². The molecule has 0 aliphatic carbocycles. The largest absolute Gasteiger partial charge is 0.337 e. The first-order chi connectivity index (χ1) is 19.1. The van der Waals surface area contributed by atoms with E-state index in [0.29, 0.717) is 5.84 Å². The van der Waals surface area contributed by atoms with Gasteiger partial charge in [-0.1, -0.05) is 72.8 Å². The number of nitrogens with one attached hydrogen (secondary N) is 1. The summed E-state index contributed by atoms with van der Waals surface area (Å²) in [5.41, 5.74) is 9.47. The number of aliphatic imine (C=N–C) groups is 2. The number of hydrogen-bond acceptors (Lipinski definition) is 5. The van der Waals surface area contributed by atoms with Crippen LogP contribution in [-0.4, -0.2) is 21.5 Å². The number of benzene rings is 4. The Kier molecular flexibility index (Phi) is 5.40. The molecule has 0 fully saturated rings. The molecule has 4 aromatic carbocycles. The topological polar surface area (TPSA) is 57.8 Å². The Hall–Kier alpha value is -4.97. The number of anilines is 2. The molecular formula is C33H28N6. The molecule has 0 spiro atoms. The lowest BCUT2D eigenvalue weighted by molar-refractivity contribution is 0.815. The lowest BCUT2D eigenvalue weighted by Gasteiger charge is -2.40. The highest BCUT2D eigenvalue weighted by Crippen LogP contribution is 2.48. The monoisotopic (exact) mass is 508 g/mol. The summed E-state index contributed by atoms with van der Waals surface area (Å²) < 4.78 is 1.96. The van der Waals surface area contributed by atoms with Gasteiger partial charge < -0.3 is 10.2 Å². The van der Waals surface area contributed by atoms with Crippen molar-refractivity contribution in [1.29, 1.82) is 0 Å². The second-order valence-corrected chi connectivity index (χ2v) is 10.1. The summed E-state index contributed by atoms with van der Waals surface area (Å²) in [5.74, 6) is 2.31. The highest BCUT2D eigenvalue weighted by Gasteiger charge is 2.41. The SMILES string of the molecule is Cc1ccc(C)c(NC2=Nc3ccccc3N3C2=Nc2c(c(C)nn2-c2ccccc2)[C@H]3c2ccccc2)c1. The van der Waals surface area contributed by atoms with Gasteiger partial charge in [-0.25, -0.2) is 14.7 Å². The molecule has 0 amide bonds. The van der Waals surface area contributed by atoms with Gasteiger partial charge in [-0.2, -0.15) is 5.10 Å². The number of rotatable bonds is 3. The number of aryl methyl sites for hydroxylation is 3. The minimum absolute atomic E-state index is 0.127. The fourth-order valence-corrected chi connectivity index (χ4v) is 5.50. The molecule has 7 rings (SSSR count). The molecule has 0 unspecified atom stereocenters. The molecule has 2 aliphatic heterocycles. The third-order valence-electron chi connectivity index (χ3n) is 7.40. The maximum absolute atomic E-state index is 5.32. The van der Waals surface area contributed by atoms with Crippen LogP contribution in [0.5, 0.6) is 0 Å². The van der Waals surface area contributed by atoms with Crippen LogP contribution in [0, 0.1) is 20.8 Å². The van der Waals surface area contributed by atoms with Crippen LogP contribution >= 0.6 is 0 Å². The van der Waals surface area contributed by atoms with Crippen molar-refractivity contribution in [3.8, 4) is 5.69 Å². The molecule has 3 heterocycles. The van der Waals surface area contributed by atoms with Gasteiger partial charge in [-0.05, 0) is 67.8 Å². The van der Waals surface area contributed by atoms with Crippen LogP contribution in [0.25, 0.3) is 5.69 Å². The number of fused-ring (bicyclic) bond motifs is 4. The van der Waals surface area contributed by atoms with Crippen LogP contribution in [0.2, 0.25) is 0 Å². The first-order valence-electron chi connectivity index (χ1n) is 13.2. The Morgan fingerprint density at radius 1 is 0.744 bits per heavy atom. The van der Waals surface area contributed by atoms with Gasteiger partial charge in [0.2, 0.25) is 0 Å². The van der Waals surface area contributed by atoms with Gasteiger partial charge >= 0.3 is 0 Å². The molecule has 6 nitrogen and oxygen atoms in total. The Labute approximate surface area is 228 Å². The first kappa shape index (κ1) is 23.2. The molecule has 1 atom stereocenters. The van der Waals surface area contributed by atoms with Crippen molar-refractivity contribution < 1.29 is 0 Å². The molecule has 1 N–H and O–H groups in total. The minimum Gasteiger partial charge on any atom is -0.337 e. The van der Waals surface area contributed by atoms with Gasteiger partial charge in [0.25, 0.3) is 0 Å². The summed E-state index contributed by atoms with van der Waals surface area (Å²) >= 11 is 0. The van der Waals surface area contributed by atoms with Crippen LogP contribution in [0.15, 0.2) is 113 Å². The van der Waals surface area contributed by atoms with E-state index in [1.807, 2.05) is 28.9 Å². The molecule has 39 heavy (non-hydrogen) atoms. The van der Waals surface area contributed by atoms with Gasteiger partial charge in [0, 0.05) is 11.3 Å². The van der Waals surface area contributed by atoms with E-state index in [-0.39, 0.29) is 6.04 Å². The second kappa shape index (κ2) is 9.10. The standard InChI is InChI=1S/C33H28N6/c1-21-18-19-22(2)27(20-21)35-31-33-36-32-29(23(3)37-39(32)25-14-8-5-9-15-25)30(24-12-6-4-7-13-24)38(33)28-17-11-10-16-26(28)34-31/h4-20,30H,1-3H3,(H,34,35)/t30-/m1/s1. The number of amidine groups is 2. The summed E-state index contributed by atoms with van der Waals surface area (Å²) in [6.45, 7) is 6.29. The normalized spacial score (nSPS) is 15.6. The first-order valence-corrected chi connectivity index (χ1v) is 13.2. The van der Waals surface area contributed by atoms with Gasteiger partial charge in [-0.3, -0.25) is 0 Å². The number of para-hydroxylation sites is 3. The van der Waals surface area contributed by atoms with E-state index in [0.717, 1.165) is 51.2 Å². The zero-order valence-electron chi connectivity index (χ0n) is 22.1. The van der Waals surface area contributed by atoms with E-state index >= 15 is 0 Å². The summed E-state index contributed by atoms with van der Waals surface area (Å²) in [7, 11) is 0. The molecule has 0 bridgehead atoms. The van der Waals surface area contributed by atoms with Crippen LogP contribution in [0.3, 0.4) is 0 Å². The van der Waals surface area contributed by atoms with E-state index in [1.54, 1.807) is 0 Å². The third-order valence-corrected chi connectivity index (χ3v) is 7.40. The quantitative estimate of drug-likeness (QED) is 0.273. The predicted octanol–water partition coefficient (Wildman–Crippen LogP) is 7.59. The maximum Gasteiger partial charge on any atom is 0.179 e. The minimum atomic E-state index is -0.127.